The molecule has 2 N–H and O–H groups in total. The van der Waals surface area contributed by atoms with Crippen LogP contribution in [0.15, 0.2) is 18.2 Å². The van der Waals surface area contributed by atoms with Crippen molar-refractivity contribution in [2.45, 2.75) is 38.8 Å². The van der Waals surface area contributed by atoms with Crippen LogP contribution in [0.3, 0.4) is 0 Å². The smallest absolute Gasteiger partial charge is 0.270 e. The van der Waals surface area contributed by atoms with Crippen molar-refractivity contribution in [3.63, 3.8) is 0 Å². The number of alkyl halides is 1. The predicted octanol–water partition coefficient (Wildman–Crippen LogP) is 3.85. The highest BCUT2D eigenvalue weighted by Gasteiger charge is 2.42. The maximum atomic E-state index is 13.8. The van der Waals surface area contributed by atoms with E-state index in [-0.39, 0.29) is 19.0 Å². The Bertz CT molecular complexity index is 932. The molecule has 0 bridgehead atoms. The number of allylic oxidation sites excluding steroid dienone is 1. The standard InChI is InChI=1S/C21H25FN4O2/c1-3-4-6-14-10-18(23-17(14)11-27)26-8-5-7-15-9-16(24-19(15)26)20(28)25-12-21(2,22)13-25/h4,6,9-11,23-24H,3,5,7-8,12-13H2,1-2H3/b6-4+. The lowest BCUT2D eigenvalue weighted by Gasteiger charge is -2.41. The number of rotatable bonds is 5. The normalized spacial score (nSPS) is 18.2. The van der Waals surface area contributed by atoms with Crippen molar-refractivity contribution in [2.24, 2.45) is 0 Å². The van der Waals surface area contributed by atoms with E-state index in [4.69, 9.17) is 0 Å². The van der Waals surface area contributed by atoms with E-state index in [1.165, 1.54) is 11.8 Å². The van der Waals surface area contributed by atoms with Gasteiger partial charge in [-0.3, -0.25) is 9.59 Å². The Morgan fingerprint density at radius 1 is 1.32 bits per heavy atom. The minimum atomic E-state index is -1.29. The number of carbonyl (C=O) groups is 2. The molecule has 0 radical (unpaired) electrons. The number of likely N-dealkylation sites (tertiary alicyclic amines) is 1. The topological polar surface area (TPSA) is 72.2 Å². The molecule has 0 aliphatic carbocycles. The van der Waals surface area contributed by atoms with Crippen LogP contribution in [-0.4, -0.2) is 52.4 Å². The first-order chi connectivity index (χ1) is 13.4. The van der Waals surface area contributed by atoms with Gasteiger partial charge in [-0.05, 0) is 43.9 Å². The summed E-state index contributed by atoms with van der Waals surface area (Å²) in [6.45, 7) is 4.60. The van der Waals surface area contributed by atoms with Crippen LogP contribution >= 0.6 is 0 Å². The summed E-state index contributed by atoms with van der Waals surface area (Å²) in [4.78, 5) is 34.1. The molecule has 2 aliphatic heterocycles. The number of anilines is 2. The third-order valence-electron chi connectivity index (χ3n) is 5.34. The number of nitrogens with zero attached hydrogens (tertiary/aromatic N) is 2. The molecule has 2 aliphatic rings. The quantitative estimate of drug-likeness (QED) is 0.769. The van der Waals surface area contributed by atoms with E-state index in [0.29, 0.717) is 11.4 Å². The van der Waals surface area contributed by atoms with Gasteiger partial charge in [-0.2, -0.15) is 0 Å². The molecular formula is C21H25FN4O2. The van der Waals surface area contributed by atoms with Crippen molar-refractivity contribution in [2.75, 3.05) is 24.5 Å². The number of carbonyl (C=O) groups excluding carboxylic acids is 2. The van der Waals surface area contributed by atoms with Crippen molar-refractivity contribution in [3.05, 3.63) is 40.7 Å². The van der Waals surface area contributed by atoms with Gasteiger partial charge in [0.1, 0.15) is 23.0 Å². The molecule has 1 amide bonds. The summed E-state index contributed by atoms with van der Waals surface area (Å²) in [6, 6.07) is 3.83. The number of halogens is 1. The van der Waals surface area contributed by atoms with Crippen LogP contribution in [0.1, 0.15) is 58.8 Å². The first-order valence-electron chi connectivity index (χ1n) is 9.74. The molecule has 2 aromatic rings. The second kappa shape index (κ2) is 6.96. The molecule has 6 nitrogen and oxygen atoms in total. The Hall–Kier alpha value is -2.83. The number of nitrogens with one attached hydrogen (secondary N) is 2. The minimum absolute atomic E-state index is 0.131. The van der Waals surface area contributed by atoms with E-state index in [0.717, 1.165) is 54.9 Å². The van der Waals surface area contributed by atoms with Crippen LogP contribution in [-0.2, 0) is 6.42 Å². The summed E-state index contributed by atoms with van der Waals surface area (Å²) < 4.78 is 13.8. The molecule has 1 saturated heterocycles. The van der Waals surface area contributed by atoms with E-state index in [1.54, 1.807) is 0 Å². The fourth-order valence-electron chi connectivity index (χ4n) is 3.97. The number of aryl methyl sites for hydroxylation is 1. The number of aromatic amines is 2. The van der Waals surface area contributed by atoms with Crippen LogP contribution < -0.4 is 4.90 Å². The van der Waals surface area contributed by atoms with Gasteiger partial charge in [0.05, 0.1) is 18.8 Å². The molecular weight excluding hydrogens is 359 g/mol. The Labute approximate surface area is 163 Å². The van der Waals surface area contributed by atoms with Gasteiger partial charge in [-0.15, -0.1) is 0 Å². The maximum absolute atomic E-state index is 13.8. The molecule has 4 heterocycles. The Morgan fingerprint density at radius 3 is 2.79 bits per heavy atom. The molecule has 148 valence electrons. The van der Waals surface area contributed by atoms with Gasteiger partial charge in [0.15, 0.2) is 6.29 Å². The fourth-order valence-corrected chi connectivity index (χ4v) is 3.97. The summed E-state index contributed by atoms with van der Waals surface area (Å²) in [5.74, 6) is 1.51. The predicted molar refractivity (Wildman–Crippen MR) is 107 cm³/mol. The number of aldehydes is 1. The van der Waals surface area contributed by atoms with E-state index in [1.807, 2.05) is 31.2 Å². The zero-order chi connectivity index (χ0) is 19.9. The minimum Gasteiger partial charge on any atom is -0.338 e. The molecule has 0 unspecified atom stereocenters. The summed E-state index contributed by atoms with van der Waals surface area (Å²) in [6.07, 6.45) is 7.49. The van der Waals surface area contributed by atoms with Crippen molar-refractivity contribution in [3.8, 4) is 0 Å². The van der Waals surface area contributed by atoms with Crippen LogP contribution in [0.4, 0.5) is 16.0 Å². The van der Waals surface area contributed by atoms with Crippen molar-refractivity contribution < 1.29 is 14.0 Å². The zero-order valence-corrected chi connectivity index (χ0v) is 16.2. The molecule has 0 saturated carbocycles. The van der Waals surface area contributed by atoms with Crippen molar-refractivity contribution in [1.82, 2.24) is 14.9 Å². The van der Waals surface area contributed by atoms with E-state index in [2.05, 4.69) is 14.9 Å². The van der Waals surface area contributed by atoms with Gasteiger partial charge in [0.25, 0.3) is 5.91 Å². The number of H-pyrrole nitrogens is 2. The Balaban J connectivity index is 1.62. The number of amides is 1. The largest absolute Gasteiger partial charge is 0.338 e. The molecule has 1 fully saturated rings. The van der Waals surface area contributed by atoms with Crippen molar-refractivity contribution in [1.29, 1.82) is 0 Å². The van der Waals surface area contributed by atoms with Crippen LogP contribution in [0.2, 0.25) is 0 Å². The van der Waals surface area contributed by atoms with Crippen LogP contribution in [0.25, 0.3) is 6.08 Å². The van der Waals surface area contributed by atoms with Gasteiger partial charge in [0, 0.05) is 12.1 Å². The van der Waals surface area contributed by atoms with Crippen LogP contribution in [0, 0.1) is 0 Å². The highest BCUT2D eigenvalue weighted by atomic mass is 19.1. The average molecular weight is 384 g/mol. The summed E-state index contributed by atoms with van der Waals surface area (Å²) in [5, 5.41) is 0. The monoisotopic (exact) mass is 384 g/mol. The summed E-state index contributed by atoms with van der Waals surface area (Å²) in [7, 11) is 0. The number of hydrogen-bond acceptors (Lipinski definition) is 3. The van der Waals surface area contributed by atoms with E-state index in [9.17, 15) is 14.0 Å². The lowest BCUT2D eigenvalue weighted by Crippen LogP contribution is -2.59. The third kappa shape index (κ3) is 3.25. The van der Waals surface area contributed by atoms with E-state index < -0.39 is 5.67 Å². The SMILES string of the molecule is CC/C=C/c1cc(N2CCCc3cc(C(=O)N4CC(C)(F)C4)[nH]c32)[nH]c1C=O. The second-order valence-electron chi connectivity index (χ2n) is 7.84. The first-order valence-corrected chi connectivity index (χ1v) is 9.74. The average Bonchev–Trinajstić information content (AvgIpc) is 3.27. The molecule has 28 heavy (non-hydrogen) atoms. The summed E-state index contributed by atoms with van der Waals surface area (Å²) in [5.41, 5.74) is 1.65. The molecule has 7 heteroatoms. The van der Waals surface area contributed by atoms with Gasteiger partial charge < -0.3 is 19.8 Å². The maximum Gasteiger partial charge on any atom is 0.270 e. The van der Waals surface area contributed by atoms with E-state index >= 15 is 0 Å². The molecule has 2 aromatic heterocycles. The lowest BCUT2D eigenvalue weighted by atomic mass is 9.98. The summed E-state index contributed by atoms with van der Waals surface area (Å²) >= 11 is 0. The van der Waals surface area contributed by atoms with Crippen LogP contribution in [0.5, 0.6) is 0 Å². The number of hydrogen-bond donors (Lipinski definition) is 2. The van der Waals surface area contributed by atoms with Gasteiger partial charge in [-0.25, -0.2) is 4.39 Å². The number of aromatic nitrogens is 2. The number of fused-ring (bicyclic) bond motifs is 1. The Kier molecular flexibility index (Phi) is 4.61. The second-order valence-corrected chi connectivity index (χ2v) is 7.84. The lowest BCUT2D eigenvalue weighted by molar-refractivity contribution is -0.00818. The van der Waals surface area contributed by atoms with Gasteiger partial charge in [-0.1, -0.05) is 19.1 Å². The Morgan fingerprint density at radius 2 is 2.11 bits per heavy atom. The molecule has 0 spiro atoms. The zero-order valence-electron chi connectivity index (χ0n) is 16.2. The highest BCUT2D eigenvalue weighted by molar-refractivity contribution is 5.95. The van der Waals surface area contributed by atoms with Gasteiger partial charge >= 0.3 is 0 Å². The molecule has 0 atom stereocenters. The third-order valence-corrected chi connectivity index (χ3v) is 5.34. The van der Waals surface area contributed by atoms with Crippen molar-refractivity contribution >= 4 is 29.9 Å². The fraction of sp³-hybridized carbons (Fsp3) is 0.429. The molecule has 4 rings (SSSR count). The highest BCUT2D eigenvalue weighted by Crippen LogP contribution is 2.35. The van der Waals surface area contributed by atoms with Gasteiger partial charge in [0.2, 0.25) is 0 Å². The molecule has 0 aromatic carbocycles. The first kappa shape index (κ1) is 18.5.